The van der Waals surface area contributed by atoms with Gasteiger partial charge in [0.15, 0.2) is 0 Å². The van der Waals surface area contributed by atoms with E-state index in [0.29, 0.717) is 6.07 Å². The third kappa shape index (κ3) is 3.73. The lowest BCUT2D eigenvalue weighted by Gasteiger charge is -2.11. The highest BCUT2D eigenvalue weighted by Crippen LogP contribution is 2.19. The summed E-state index contributed by atoms with van der Waals surface area (Å²) < 4.78 is 39.4. The van der Waals surface area contributed by atoms with Crippen LogP contribution in [0, 0.1) is 17.5 Å². The van der Waals surface area contributed by atoms with Crippen molar-refractivity contribution in [2.24, 2.45) is 0 Å². The minimum Gasteiger partial charge on any atom is -0.391 e. The van der Waals surface area contributed by atoms with Crippen LogP contribution in [0.2, 0.25) is 0 Å². The number of aliphatic hydroxyl groups is 1. The van der Waals surface area contributed by atoms with Crippen LogP contribution >= 0.6 is 0 Å². The molecule has 3 N–H and O–H groups in total. The fourth-order valence-electron chi connectivity index (χ4n) is 1.75. The molecule has 2 aromatic rings. The molecule has 0 aliphatic carbocycles. The first kappa shape index (κ1) is 14.9. The van der Waals surface area contributed by atoms with Gasteiger partial charge >= 0.3 is 6.03 Å². The van der Waals surface area contributed by atoms with Crippen molar-refractivity contribution < 1.29 is 23.1 Å². The van der Waals surface area contributed by atoms with E-state index in [-0.39, 0.29) is 16.9 Å². The quantitative estimate of drug-likeness (QED) is 0.814. The number of hydrogen-bond acceptors (Lipinski definition) is 2. The van der Waals surface area contributed by atoms with Gasteiger partial charge in [-0.1, -0.05) is 6.07 Å². The summed E-state index contributed by atoms with van der Waals surface area (Å²) in [5, 5.41) is 13.6. The SMILES string of the molecule is O=C(Nc1cc(F)cc(F)c1)Nc1cccc(F)c1CO. The molecule has 0 radical (unpaired) electrons. The highest BCUT2D eigenvalue weighted by molar-refractivity contribution is 6.00. The summed E-state index contributed by atoms with van der Waals surface area (Å²) in [4.78, 5) is 11.7. The predicted octanol–water partition coefficient (Wildman–Crippen LogP) is 3.24. The molecule has 0 aliphatic heterocycles. The maximum Gasteiger partial charge on any atom is 0.323 e. The van der Waals surface area contributed by atoms with Crippen LogP contribution in [0.1, 0.15) is 5.56 Å². The number of nitrogens with one attached hydrogen (secondary N) is 2. The summed E-state index contributed by atoms with van der Waals surface area (Å²) in [5.74, 6) is -2.36. The summed E-state index contributed by atoms with van der Waals surface area (Å²) in [7, 11) is 0. The molecule has 0 fully saturated rings. The number of benzene rings is 2. The molecule has 0 saturated heterocycles. The highest BCUT2D eigenvalue weighted by Gasteiger charge is 2.11. The number of carbonyl (C=O) groups excluding carboxylic acids is 1. The molecule has 0 bridgehead atoms. The molecule has 110 valence electrons. The predicted molar refractivity (Wildman–Crippen MR) is 71.3 cm³/mol. The second-order valence-electron chi connectivity index (χ2n) is 4.16. The van der Waals surface area contributed by atoms with Gasteiger partial charge in [-0.25, -0.2) is 18.0 Å². The van der Waals surface area contributed by atoms with Crippen molar-refractivity contribution in [2.75, 3.05) is 10.6 Å². The van der Waals surface area contributed by atoms with E-state index in [9.17, 15) is 18.0 Å². The van der Waals surface area contributed by atoms with Gasteiger partial charge in [-0.15, -0.1) is 0 Å². The zero-order valence-corrected chi connectivity index (χ0v) is 10.7. The molecule has 4 nitrogen and oxygen atoms in total. The van der Waals surface area contributed by atoms with Crippen molar-refractivity contribution in [3.05, 3.63) is 59.4 Å². The smallest absolute Gasteiger partial charge is 0.323 e. The Balaban J connectivity index is 2.13. The summed E-state index contributed by atoms with van der Waals surface area (Å²) >= 11 is 0. The largest absolute Gasteiger partial charge is 0.391 e. The average Bonchev–Trinajstić information content (AvgIpc) is 2.37. The Morgan fingerprint density at radius 3 is 2.33 bits per heavy atom. The van der Waals surface area contributed by atoms with Crippen molar-refractivity contribution in [1.29, 1.82) is 0 Å². The lowest BCUT2D eigenvalue weighted by Crippen LogP contribution is -2.20. The second-order valence-corrected chi connectivity index (χ2v) is 4.16. The van der Waals surface area contributed by atoms with E-state index in [2.05, 4.69) is 10.6 Å². The molecule has 0 aromatic heterocycles. The van der Waals surface area contributed by atoms with Crippen LogP contribution in [0.4, 0.5) is 29.3 Å². The number of hydrogen-bond donors (Lipinski definition) is 3. The van der Waals surface area contributed by atoms with Crippen molar-refractivity contribution in [1.82, 2.24) is 0 Å². The number of carbonyl (C=O) groups is 1. The minimum atomic E-state index is -0.841. The Morgan fingerprint density at radius 2 is 1.71 bits per heavy atom. The van der Waals surface area contributed by atoms with Crippen molar-refractivity contribution in [3.8, 4) is 0 Å². The molecule has 0 aliphatic rings. The Labute approximate surface area is 118 Å². The van der Waals surface area contributed by atoms with Gasteiger partial charge in [-0.3, -0.25) is 0 Å². The van der Waals surface area contributed by atoms with Gasteiger partial charge in [-0.2, -0.15) is 0 Å². The zero-order chi connectivity index (χ0) is 15.4. The van der Waals surface area contributed by atoms with Crippen molar-refractivity contribution >= 4 is 17.4 Å². The number of anilines is 2. The summed E-state index contributed by atoms with van der Waals surface area (Å²) in [6, 6.07) is 5.59. The Kier molecular flexibility index (Phi) is 4.44. The Bertz CT molecular complexity index is 657. The summed E-state index contributed by atoms with van der Waals surface area (Å²) in [5.41, 5.74) is -0.114. The highest BCUT2D eigenvalue weighted by atomic mass is 19.1. The van der Waals surface area contributed by atoms with Gasteiger partial charge in [0, 0.05) is 17.3 Å². The van der Waals surface area contributed by atoms with E-state index in [1.54, 1.807) is 0 Å². The van der Waals surface area contributed by atoms with E-state index < -0.39 is 30.1 Å². The number of halogens is 3. The molecule has 0 atom stereocenters. The molecule has 2 amide bonds. The standard InChI is InChI=1S/C14H11F3N2O2/c15-8-4-9(16)6-10(5-8)18-14(21)19-13-3-1-2-12(17)11(13)7-20/h1-6,20H,7H2,(H2,18,19,21). The van der Waals surface area contributed by atoms with Crippen molar-refractivity contribution in [3.63, 3.8) is 0 Å². The van der Waals surface area contributed by atoms with Crippen LogP contribution in [0.25, 0.3) is 0 Å². The molecule has 2 rings (SSSR count). The van der Waals surface area contributed by atoms with Gasteiger partial charge in [0.05, 0.1) is 12.3 Å². The molecular weight excluding hydrogens is 285 g/mol. The Morgan fingerprint density at radius 1 is 1.05 bits per heavy atom. The lowest BCUT2D eigenvalue weighted by molar-refractivity contribution is 0.261. The molecule has 0 spiro atoms. The maximum absolute atomic E-state index is 13.4. The van der Waals surface area contributed by atoms with E-state index in [1.807, 2.05) is 0 Å². The van der Waals surface area contributed by atoms with Crippen LogP contribution in [0.3, 0.4) is 0 Å². The van der Waals surface area contributed by atoms with Crippen LogP contribution in [-0.4, -0.2) is 11.1 Å². The fourth-order valence-corrected chi connectivity index (χ4v) is 1.75. The normalized spacial score (nSPS) is 10.3. The first-order valence-electron chi connectivity index (χ1n) is 5.92. The molecule has 21 heavy (non-hydrogen) atoms. The van der Waals surface area contributed by atoms with Gasteiger partial charge < -0.3 is 15.7 Å². The fraction of sp³-hybridized carbons (Fsp3) is 0.0714. The van der Waals surface area contributed by atoms with Crippen molar-refractivity contribution in [2.45, 2.75) is 6.61 Å². The molecule has 2 aromatic carbocycles. The van der Waals surface area contributed by atoms with Crippen LogP contribution in [-0.2, 0) is 6.61 Å². The molecular formula is C14H11F3N2O2. The third-order valence-electron chi connectivity index (χ3n) is 2.65. The number of aliphatic hydroxyl groups excluding tert-OH is 1. The minimum absolute atomic E-state index is 0.0619. The first-order valence-corrected chi connectivity index (χ1v) is 5.92. The molecule has 0 heterocycles. The third-order valence-corrected chi connectivity index (χ3v) is 2.65. The van der Waals surface area contributed by atoms with Gasteiger partial charge in [0.25, 0.3) is 0 Å². The number of amides is 2. The zero-order valence-electron chi connectivity index (χ0n) is 10.7. The maximum atomic E-state index is 13.4. The van der Waals surface area contributed by atoms with Crippen LogP contribution < -0.4 is 10.6 Å². The van der Waals surface area contributed by atoms with E-state index >= 15 is 0 Å². The first-order chi connectivity index (χ1) is 9.99. The summed E-state index contributed by atoms with van der Waals surface area (Å²) in [6.07, 6.45) is 0. The topological polar surface area (TPSA) is 61.4 Å². The number of urea groups is 1. The number of rotatable bonds is 3. The van der Waals surface area contributed by atoms with Gasteiger partial charge in [0.1, 0.15) is 17.5 Å². The molecule has 0 unspecified atom stereocenters. The van der Waals surface area contributed by atoms with Gasteiger partial charge in [0.2, 0.25) is 0 Å². The van der Waals surface area contributed by atoms with Crippen LogP contribution in [0.5, 0.6) is 0 Å². The van der Waals surface area contributed by atoms with Crippen LogP contribution in [0.15, 0.2) is 36.4 Å². The lowest BCUT2D eigenvalue weighted by atomic mass is 10.2. The molecule has 0 saturated carbocycles. The van der Waals surface area contributed by atoms with E-state index in [1.165, 1.54) is 12.1 Å². The summed E-state index contributed by atoms with van der Waals surface area (Å²) in [6.45, 7) is -0.600. The van der Waals surface area contributed by atoms with E-state index in [0.717, 1.165) is 18.2 Å². The molecule has 7 heteroatoms. The average molecular weight is 296 g/mol. The van der Waals surface area contributed by atoms with E-state index in [4.69, 9.17) is 5.11 Å². The van der Waals surface area contributed by atoms with Gasteiger partial charge in [-0.05, 0) is 24.3 Å². The second kappa shape index (κ2) is 6.27. The monoisotopic (exact) mass is 296 g/mol. The Hall–Kier alpha value is -2.54.